The lowest BCUT2D eigenvalue weighted by Crippen LogP contribution is -2.40. The average molecular weight is 623 g/mol. The topological polar surface area (TPSA) is 109 Å². The Morgan fingerprint density at radius 1 is 0.977 bits per heavy atom. The molecular weight excluding hydrogens is 602 g/mol. The fourth-order valence-corrected chi connectivity index (χ4v) is 4.62. The van der Waals surface area contributed by atoms with Crippen LogP contribution in [-0.4, -0.2) is 40.0 Å². The fraction of sp³-hybridized carbons (Fsp3) is 0.250. The van der Waals surface area contributed by atoms with Crippen molar-refractivity contribution in [1.82, 2.24) is 20.3 Å². The first-order chi connectivity index (χ1) is 20.2. The lowest BCUT2D eigenvalue weighted by molar-refractivity contribution is -0.192. The number of alkyl halides is 6. The number of carbonyl (C=O) groups is 2. The number of carbonyl (C=O) groups excluding carboxylic acids is 2. The van der Waals surface area contributed by atoms with Crippen molar-refractivity contribution in [3.05, 3.63) is 76.6 Å². The normalized spacial score (nSPS) is 14.3. The maximum Gasteiger partial charge on any atom is 0.417 e. The molecule has 2 amide bonds. The Morgan fingerprint density at radius 3 is 2.37 bits per heavy atom. The number of aromatic nitrogens is 3. The van der Waals surface area contributed by atoms with E-state index in [0.29, 0.717) is 28.5 Å². The Bertz CT molecular complexity index is 1740. The van der Waals surface area contributed by atoms with Crippen LogP contribution >= 0.6 is 11.6 Å². The molecule has 4 aromatic rings. The largest absolute Gasteiger partial charge is 0.417 e. The molecule has 224 valence electrons. The third-order valence-electron chi connectivity index (χ3n) is 6.97. The Balaban J connectivity index is 1.37. The molecule has 5 rings (SSSR count). The highest BCUT2D eigenvalue weighted by Gasteiger charge is 2.68. The van der Waals surface area contributed by atoms with E-state index in [9.17, 15) is 35.9 Å². The summed E-state index contributed by atoms with van der Waals surface area (Å²) in [5.41, 5.74) is -2.39. The average Bonchev–Trinajstić information content (AvgIpc) is 3.78. The molecule has 2 aromatic carbocycles. The predicted molar refractivity (Wildman–Crippen MR) is 146 cm³/mol. The number of anilines is 2. The second-order valence-electron chi connectivity index (χ2n) is 9.87. The summed E-state index contributed by atoms with van der Waals surface area (Å²) in [5, 5.41) is 8.40. The van der Waals surface area contributed by atoms with Crippen LogP contribution in [0.1, 0.15) is 34.3 Å². The molecule has 2 heterocycles. The Labute approximate surface area is 244 Å². The molecule has 0 unspecified atom stereocenters. The number of nitrogens with one attached hydrogen (secondary N) is 3. The highest BCUT2D eigenvalue weighted by atomic mass is 35.5. The number of fused-ring (bicyclic) bond motifs is 1. The molecule has 0 radical (unpaired) electrons. The van der Waals surface area contributed by atoms with Gasteiger partial charge in [0.15, 0.2) is 5.82 Å². The van der Waals surface area contributed by atoms with Crippen molar-refractivity contribution in [3.63, 3.8) is 0 Å². The van der Waals surface area contributed by atoms with Gasteiger partial charge in [-0.15, -0.1) is 0 Å². The van der Waals surface area contributed by atoms with Gasteiger partial charge in [-0.05, 0) is 54.8 Å². The minimum Gasteiger partial charge on any atom is -0.373 e. The van der Waals surface area contributed by atoms with Crippen molar-refractivity contribution in [2.75, 3.05) is 17.7 Å². The Hall–Kier alpha value is -4.46. The zero-order valence-corrected chi connectivity index (χ0v) is 22.9. The maximum atomic E-state index is 13.2. The number of hydrogen-bond donors (Lipinski definition) is 3. The van der Waals surface area contributed by atoms with Gasteiger partial charge in [-0.3, -0.25) is 14.6 Å². The van der Waals surface area contributed by atoms with Gasteiger partial charge >= 0.3 is 12.4 Å². The SMILES string of the molecule is CNc1nc(-c2cncc(C(F)(F)F)c2)nc2cc(NC(=O)c3cc(CNC(=O)C4(C(F)(F)F)CC4)ccc3Cl)ccc12. The van der Waals surface area contributed by atoms with Crippen LogP contribution < -0.4 is 16.0 Å². The number of hydrogen-bond acceptors (Lipinski definition) is 6. The van der Waals surface area contributed by atoms with E-state index in [0.717, 1.165) is 6.07 Å². The van der Waals surface area contributed by atoms with Crippen LogP contribution in [0.4, 0.5) is 37.8 Å². The van der Waals surface area contributed by atoms with Gasteiger partial charge < -0.3 is 16.0 Å². The zero-order valence-electron chi connectivity index (χ0n) is 22.1. The maximum absolute atomic E-state index is 13.2. The molecule has 1 aliphatic rings. The highest BCUT2D eigenvalue weighted by molar-refractivity contribution is 6.34. The number of pyridine rings is 1. The van der Waals surface area contributed by atoms with Crippen molar-refractivity contribution in [1.29, 1.82) is 0 Å². The molecule has 0 spiro atoms. The lowest BCUT2D eigenvalue weighted by atomic mass is 10.1. The second kappa shape index (κ2) is 11.0. The predicted octanol–water partition coefficient (Wildman–Crippen LogP) is 6.62. The number of nitrogens with zero attached hydrogens (tertiary/aromatic N) is 3. The van der Waals surface area contributed by atoms with Crippen LogP contribution in [0.2, 0.25) is 5.02 Å². The second-order valence-corrected chi connectivity index (χ2v) is 10.3. The van der Waals surface area contributed by atoms with E-state index in [4.69, 9.17) is 11.6 Å². The number of benzene rings is 2. The zero-order chi connectivity index (χ0) is 31.2. The summed E-state index contributed by atoms with van der Waals surface area (Å²) < 4.78 is 79.3. The molecule has 8 nitrogen and oxygen atoms in total. The van der Waals surface area contributed by atoms with E-state index in [1.807, 2.05) is 0 Å². The smallest absolute Gasteiger partial charge is 0.373 e. The van der Waals surface area contributed by atoms with E-state index in [1.54, 1.807) is 19.2 Å². The van der Waals surface area contributed by atoms with Gasteiger partial charge in [0.1, 0.15) is 11.2 Å². The van der Waals surface area contributed by atoms with Crippen LogP contribution in [0.25, 0.3) is 22.3 Å². The van der Waals surface area contributed by atoms with Crippen LogP contribution in [-0.2, 0) is 17.5 Å². The van der Waals surface area contributed by atoms with Gasteiger partial charge in [-0.2, -0.15) is 26.3 Å². The first-order valence-electron chi connectivity index (χ1n) is 12.7. The molecule has 15 heteroatoms. The minimum absolute atomic E-state index is 0.000186. The molecule has 0 aliphatic heterocycles. The van der Waals surface area contributed by atoms with Crippen LogP contribution in [0, 0.1) is 5.41 Å². The number of amides is 2. The molecular formula is C28H21ClF6N6O2. The third-order valence-corrected chi connectivity index (χ3v) is 7.30. The first kappa shape index (κ1) is 30.0. The third kappa shape index (κ3) is 6.05. The summed E-state index contributed by atoms with van der Waals surface area (Å²) in [6.07, 6.45) is -7.92. The molecule has 3 N–H and O–H groups in total. The van der Waals surface area contributed by atoms with E-state index >= 15 is 0 Å². The lowest BCUT2D eigenvalue weighted by Gasteiger charge is -2.18. The van der Waals surface area contributed by atoms with Gasteiger partial charge in [0.2, 0.25) is 5.91 Å². The van der Waals surface area contributed by atoms with E-state index < -0.39 is 35.1 Å². The molecule has 2 aromatic heterocycles. The van der Waals surface area contributed by atoms with E-state index in [1.165, 1.54) is 30.5 Å². The van der Waals surface area contributed by atoms with Crippen molar-refractivity contribution in [3.8, 4) is 11.4 Å². The molecule has 1 saturated carbocycles. The number of halogens is 7. The van der Waals surface area contributed by atoms with Crippen LogP contribution in [0.3, 0.4) is 0 Å². The van der Waals surface area contributed by atoms with Crippen molar-refractivity contribution in [2.24, 2.45) is 5.41 Å². The van der Waals surface area contributed by atoms with Gasteiger partial charge in [0, 0.05) is 42.6 Å². The fourth-order valence-electron chi connectivity index (χ4n) is 4.41. The molecule has 1 aliphatic carbocycles. The van der Waals surface area contributed by atoms with Gasteiger partial charge in [0.05, 0.1) is 21.7 Å². The summed E-state index contributed by atoms with van der Waals surface area (Å²) in [4.78, 5) is 37.6. The number of rotatable bonds is 7. The summed E-state index contributed by atoms with van der Waals surface area (Å²) >= 11 is 6.22. The molecule has 1 fully saturated rings. The Morgan fingerprint density at radius 2 is 1.72 bits per heavy atom. The van der Waals surface area contributed by atoms with E-state index in [2.05, 4.69) is 30.9 Å². The van der Waals surface area contributed by atoms with Crippen LogP contribution in [0.5, 0.6) is 0 Å². The monoisotopic (exact) mass is 622 g/mol. The van der Waals surface area contributed by atoms with Crippen molar-refractivity contribution >= 4 is 45.8 Å². The Kier molecular flexibility index (Phi) is 7.67. The van der Waals surface area contributed by atoms with Crippen LogP contribution in [0.15, 0.2) is 54.9 Å². The molecule has 0 bridgehead atoms. The highest BCUT2D eigenvalue weighted by Crippen LogP contribution is 2.57. The quantitative estimate of drug-likeness (QED) is 0.200. The first-order valence-corrected chi connectivity index (χ1v) is 13.1. The van der Waals surface area contributed by atoms with Gasteiger partial charge in [0.25, 0.3) is 5.91 Å². The summed E-state index contributed by atoms with van der Waals surface area (Å²) in [6.45, 7) is -0.249. The molecule has 0 atom stereocenters. The van der Waals surface area contributed by atoms with Gasteiger partial charge in [-0.1, -0.05) is 17.7 Å². The summed E-state index contributed by atoms with van der Waals surface area (Å²) in [5.74, 6) is -1.49. The van der Waals surface area contributed by atoms with Crippen molar-refractivity contribution < 1.29 is 35.9 Å². The molecule has 43 heavy (non-hydrogen) atoms. The summed E-state index contributed by atoms with van der Waals surface area (Å²) in [7, 11) is 1.58. The summed E-state index contributed by atoms with van der Waals surface area (Å²) in [6, 6.07) is 9.74. The molecule has 0 saturated heterocycles. The van der Waals surface area contributed by atoms with E-state index in [-0.39, 0.29) is 47.0 Å². The minimum atomic E-state index is -4.65. The van der Waals surface area contributed by atoms with Gasteiger partial charge in [-0.25, -0.2) is 9.97 Å². The van der Waals surface area contributed by atoms with Crippen molar-refractivity contribution in [2.45, 2.75) is 31.7 Å². The standard InChI is InChI=1S/C28H21ClF6N6O2/c1-36-23-18-4-3-17(10-21(18)40-22(41-23)15-9-16(13-37-12-15)27(30,31)32)39-24(42)19-8-14(2-5-20(19)29)11-38-25(43)26(6-7-26)28(33,34)35/h2-5,8-10,12-13H,6-7,11H2,1H3,(H,38,43)(H,39,42)(H,36,40,41).